The minimum absolute atomic E-state index is 0.149. The third kappa shape index (κ3) is 2.72. The number of alkyl halides is 3. The van der Waals surface area contributed by atoms with Crippen molar-refractivity contribution in [1.29, 1.82) is 0 Å². The number of anilines is 1. The number of rotatable bonds is 2. The second-order valence-electron chi connectivity index (χ2n) is 5.10. The van der Waals surface area contributed by atoms with Crippen molar-refractivity contribution in [2.24, 2.45) is 0 Å². The lowest BCUT2D eigenvalue weighted by molar-refractivity contribution is -0.384. The van der Waals surface area contributed by atoms with E-state index >= 15 is 0 Å². The number of fused-ring (bicyclic) bond motifs is 1. The molecule has 1 aliphatic rings. The summed E-state index contributed by atoms with van der Waals surface area (Å²) >= 11 is 5.86. The Morgan fingerprint density at radius 1 is 1.00 bits per heavy atom. The van der Waals surface area contributed by atoms with Crippen molar-refractivity contribution in [3.63, 3.8) is 0 Å². The van der Waals surface area contributed by atoms with E-state index < -0.39 is 39.9 Å². The van der Waals surface area contributed by atoms with Crippen LogP contribution < -0.4 is 4.90 Å². The van der Waals surface area contributed by atoms with Crippen molar-refractivity contribution >= 4 is 34.8 Å². The molecule has 0 bridgehead atoms. The Morgan fingerprint density at radius 2 is 1.64 bits per heavy atom. The molecule has 0 atom stereocenters. The van der Waals surface area contributed by atoms with Crippen LogP contribution in [0.4, 0.5) is 24.5 Å². The Morgan fingerprint density at radius 3 is 2.24 bits per heavy atom. The van der Waals surface area contributed by atoms with Gasteiger partial charge in [0.2, 0.25) is 0 Å². The summed E-state index contributed by atoms with van der Waals surface area (Å²) in [6.07, 6.45) is -4.70. The highest BCUT2D eigenvalue weighted by atomic mass is 35.5. The predicted octanol–water partition coefficient (Wildman–Crippen LogP) is 4.07. The fourth-order valence-electron chi connectivity index (χ4n) is 2.42. The first kappa shape index (κ1) is 16.9. The number of carbonyl (C=O) groups excluding carboxylic acids is 2. The number of benzene rings is 2. The van der Waals surface area contributed by atoms with Crippen molar-refractivity contribution in [2.75, 3.05) is 4.90 Å². The summed E-state index contributed by atoms with van der Waals surface area (Å²) in [6, 6.07) is 5.23. The van der Waals surface area contributed by atoms with Crippen LogP contribution in [0.25, 0.3) is 0 Å². The predicted molar refractivity (Wildman–Crippen MR) is 80.7 cm³/mol. The SMILES string of the molecule is O=C1c2ccc([N+](=O)[O-])cc2C(=O)N1c1cc(C(F)(F)F)ccc1Cl. The summed E-state index contributed by atoms with van der Waals surface area (Å²) < 4.78 is 38.6. The van der Waals surface area contributed by atoms with Crippen LogP contribution in [0.2, 0.25) is 5.02 Å². The van der Waals surface area contributed by atoms with Gasteiger partial charge in [-0.25, -0.2) is 4.90 Å². The van der Waals surface area contributed by atoms with Gasteiger partial charge in [0.25, 0.3) is 17.5 Å². The average molecular weight is 371 g/mol. The molecule has 6 nitrogen and oxygen atoms in total. The van der Waals surface area contributed by atoms with Gasteiger partial charge in [0.05, 0.1) is 32.3 Å². The molecule has 0 spiro atoms. The van der Waals surface area contributed by atoms with Gasteiger partial charge in [0.1, 0.15) is 0 Å². The van der Waals surface area contributed by atoms with Crippen LogP contribution in [0.5, 0.6) is 0 Å². The zero-order chi connectivity index (χ0) is 18.5. The van der Waals surface area contributed by atoms with Crippen LogP contribution in [-0.2, 0) is 6.18 Å². The van der Waals surface area contributed by atoms with E-state index in [1.54, 1.807) is 0 Å². The number of hydrogen-bond acceptors (Lipinski definition) is 4. The van der Waals surface area contributed by atoms with Gasteiger partial charge >= 0.3 is 6.18 Å². The minimum atomic E-state index is -4.70. The Balaban J connectivity index is 2.13. The maximum absolute atomic E-state index is 12.9. The van der Waals surface area contributed by atoms with Gasteiger partial charge in [-0.1, -0.05) is 11.6 Å². The average Bonchev–Trinajstić information content (AvgIpc) is 2.78. The Labute approximate surface area is 142 Å². The molecule has 128 valence electrons. The summed E-state index contributed by atoms with van der Waals surface area (Å²) in [5.41, 5.74) is -2.37. The van der Waals surface area contributed by atoms with Crippen molar-refractivity contribution in [1.82, 2.24) is 0 Å². The number of halogens is 4. The molecule has 0 aliphatic carbocycles. The van der Waals surface area contributed by atoms with Crippen molar-refractivity contribution in [3.8, 4) is 0 Å². The molecular weight excluding hydrogens is 365 g/mol. The van der Waals surface area contributed by atoms with Gasteiger partial charge in [-0.3, -0.25) is 19.7 Å². The number of amides is 2. The van der Waals surface area contributed by atoms with E-state index in [2.05, 4.69) is 0 Å². The van der Waals surface area contributed by atoms with Gasteiger partial charge in [-0.2, -0.15) is 13.2 Å². The van der Waals surface area contributed by atoms with Gasteiger partial charge in [0, 0.05) is 12.1 Å². The fraction of sp³-hybridized carbons (Fsp3) is 0.0667. The standard InChI is InChI=1S/C15H6ClF3N2O4/c16-11-4-1-7(15(17,18)19)5-12(11)20-13(22)9-3-2-8(21(24)25)6-10(9)14(20)23/h1-6H. The molecule has 0 aromatic heterocycles. The highest BCUT2D eigenvalue weighted by molar-refractivity contribution is 6.39. The van der Waals surface area contributed by atoms with Crippen LogP contribution >= 0.6 is 11.6 Å². The van der Waals surface area contributed by atoms with Gasteiger partial charge < -0.3 is 0 Å². The van der Waals surface area contributed by atoms with E-state index in [9.17, 15) is 32.9 Å². The number of non-ortho nitro benzene ring substituents is 1. The molecule has 10 heteroatoms. The highest BCUT2D eigenvalue weighted by Crippen LogP contribution is 2.38. The molecule has 1 heterocycles. The minimum Gasteiger partial charge on any atom is -0.268 e. The number of carbonyl (C=O) groups is 2. The lowest BCUT2D eigenvalue weighted by atomic mass is 10.1. The molecule has 0 saturated carbocycles. The Bertz CT molecular complexity index is 943. The van der Waals surface area contributed by atoms with E-state index in [0.29, 0.717) is 11.0 Å². The molecule has 2 amide bonds. The largest absolute Gasteiger partial charge is 0.416 e. The van der Waals surface area contributed by atoms with Crippen LogP contribution in [0, 0.1) is 10.1 Å². The number of imide groups is 1. The van der Waals surface area contributed by atoms with Crippen LogP contribution in [0.3, 0.4) is 0 Å². The molecule has 0 saturated heterocycles. The molecule has 0 N–H and O–H groups in total. The van der Waals surface area contributed by atoms with Gasteiger partial charge in [-0.05, 0) is 24.3 Å². The number of nitro groups is 1. The normalized spacial score (nSPS) is 14.0. The molecule has 0 radical (unpaired) electrons. The number of nitrogens with zero attached hydrogens (tertiary/aromatic N) is 2. The van der Waals surface area contributed by atoms with Crippen molar-refractivity contribution in [3.05, 3.63) is 68.2 Å². The first-order chi connectivity index (χ1) is 11.6. The summed E-state index contributed by atoms with van der Waals surface area (Å²) in [6.45, 7) is 0. The molecule has 2 aromatic rings. The molecular formula is C15H6ClF3N2O4. The van der Waals surface area contributed by atoms with E-state index in [0.717, 1.165) is 30.3 Å². The Hall–Kier alpha value is -2.94. The monoisotopic (exact) mass is 370 g/mol. The third-order valence-electron chi connectivity index (χ3n) is 3.60. The first-order valence-corrected chi connectivity index (χ1v) is 7.03. The molecule has 1 aliphatic heterocycles. The summed E-state index contributed by atoms with van der Waals surface area (Å²) in [5.74, 6) is -1.89. The number of nitro benzene ring substituents is 1. The molecule has 2 aromatic carbocycles. The topological polar surface area (TPSA) is 80.5 Å². The molecule has 0 fully saturated rings. The van der Waals surface area contributed by atoms with Crippen molar-refractivity contribution < 1.29 is 27.7 Å². The van der Waals surface area contributed by atoms with Gasteiger partial charge in [0.15, 0.2) is 0 Å². The quantitative estimate of drug-likeness (QED) is 0.453. The molecule has 0 unspecified atom stereocenters. The van der Waals surface area contributed by atoms with E-state index in [1.807, 2.05) is 0 Å². The highest BCUT2D eigenvalue weighted by Gasteiger charge is 2.40. The number of hydrogen-bond donors (Lipinski definition) is 0. The summed E-state index contributed by atoms with van der Waals surface area (Å²) in [4.78, 5) is 35.4. The van der Waals surface area contributed by atoms with E-state index in [-0.39, 0.29) is 16.1 Å². The van der Waals surface area contributed by atoms with E-state index in [4.69, 9.17) is 11.6 Å². The summed E-state index contributed by atoms with van der Waals surface area (Å²) in [7, 11) is 0. The maximum Gasteiger partial charge on any atom is 0.416 e. The molecule has 25 heavy (non-hydrogen) atoms. The van der Waals surface area contributed by atoms with Gasteiger partial charge in [-0.15, -0.1) is 0 Å². The van der Waals surface area contributed by atoms with Crippen LogP contribution in [0.1, 0.15) is 26.3 Å². The molecule has 3 rings (SSSR count). The zero-order valence-electron chi connectivity index (χ0n) is 12.0. The fourth-order valence-corrected chi connectivity index (χ4v) is 2.62. The Kier molecular flexibility index (Phi) is 3.76. The zero-order valence-corrected chi connectivity index (χ0v) is 12.8. The third-order valence-corrected chi connectivity index (χ3v) is 3.91. The smallest absolute Gasteiger partial charge is 0.268 e. The second kappa shape index (κ2) is 5.55. The van der Waals surface area contributed by atoms with Crippen LogP contribution in [0.15, 0.2) is 36.4 Å². The summed E-state index contributed by atoms with van der Waals surface area (Å²) in [5, 5.41) is 10.6. The van der Waals surface area contributed by atoms with Crippen LogP contribution in [-0.4, -0.2) is 16.7 Å². The lowest BCUT2D eigenvalue weighted by Gasteiger charge is -2.17. The van der Waals surface area contributed by atoms with Crippen molar-refractivity contribution in [2.45, 2.75) is 6.18 Å². The maximum atomic E-state index is 12.9. The van der Waals surface area contributed by atoms with E-state index in [1.165, 1.54) is 0 Å². The lowest BCUT2D eigenvalue weighted by Crippen LogP contribution is -2.30. The first-order valence-electron chi connectivity index (χ1n) is 6.65. The second-order valence-corrected chi connectivity index (χ2v) is 5.50.